The Labute approximate surface area is 256 Å². The third-order valence-electron chi connectivity index (χ3n) is 7.60. The first-order valence-corrected chi connectivity index (χ1v) is 15.7. The van der Waals surface area contributed by atoms with Gasteiger partial charge >= 0.3 is 0 Å². The molecule has 1 aromatic heterocycles. The molecule has 0 saturated carbocycles. The summed E-state index contributed by atoms with van der Waals surface area (Å²) in [7, 11) is 1.72. The minimum Gasteiger partial charge on any atom is -0.497 e. The second-order valence-electron chi connectivity index (χ2n) is 10.5. The predicted molar refractivity (Wildman–Crippen MR) is 172 cm³/mol. The average Bonchev–Trinajstić information content (AvgIpc) is 3.71. The summed E-state index contributed by atoms with van der Waals surface area (Å²) in [6, 6.07) is 17.9. The predicted octanol–water partition coefficient (Wildman–Crippen LogP) is 6.93. The van der Waals surface area contributed by atoms with Gasteiger partial charge in [-0.05, 0) is 84.7 Å². The molecule has 0 spiro atoms. The number of halogens is 1. The van der Waals surface area contributed by atoms with Crippen molar-refractivity contribution >= 4 is 46.1 Å². The summed E-state index contributed by atoms with van der Waals surface area (Å²) < 4.78 is 5.70. The molecule has 1 saturated heterocycles. The molecular weight excluding hydrogens is 568 g/mol. The first-order valence-electron chi connectivity index (χ1n) is 14.5. The van der Waals surface area contributed by atoms with E-state index in [0.717, 1.165) is 79.2 Å². The average molecular weight is 605 g/mol. The van der Waals surface area contributed by atoms with Crippen LogP contribution in [0.15, 0.2) is 83.5 Å². The maximum atomic E-state index is 12.9. The third kappa shape index (κ3) is 7.55. The molecule has 1 aliphatic carbocycles. The summed E-state index contributed by atoms with van der Waals surface area (Å²) in [5, 5.41) is 12.1. The van der Waals surface area contributed by atoms with E-state index in [-0.39, 0.29) is 17.7 Å². The molecule has 42 heavy (non-hydrogen) atoms. The van der Waals surface area contributed by atoms with Crippen LogP contribution in [-0.4, -0.2) is 56.5 Å². The van der Waals surface area contributed by atoms with Crippen molar-refractivity contribution in [3.05, 3.63) is 104 Å². The fourth-order valence-electron chi connectivity index (χ4n) is 5.42. The zero-order chi connectivity index (χ0) is 29.3. The van der Waals surface area contributed by atoms with Gasteiger partial charge in [-0.2, -0.15) is 0 Å². The van der Waals surface area contributed by atoms with Gasteiger partial charge in [0, 0.05) is 55.6 Å². The molecule has 5 rings (SSSR count). The van der Waals surface area contributed by atoms with Gasteiger partial charge < -0.3 is 25.6 Å². The largest absolute Gasteiger partial charge is 0.497 e. The number of hydrogen-bond acceptors (Lipinski definition) is 6. The molecule has 2 heterocycles. The molecule has 1 unspecified atom stereocenters. The number of methoxy groups -OCH3 is 1. The highest BCUT2D eigenvalue weighted by molar-refractivity contribution is 7.12. The van der Waals surface area contributed by atoms with E-state index in [4.69, 9.17) is 16.3 Å². The number of allylic oxidation sites excluding steroid dienone is 3. The normalized spacial score (nSPS) is 16.4. The van der Waals surface area contributed by atoms with E-state index in [2.05, 4.69) is 46.3 Å². The number of carbonyl (C=O) groups excluding carboxylic acids is 2. The van der Waals surface area contributed by atoms with Gasteiger partial charge in [-0.25, -0.2) is 0 Å². The number of rotatable bonds is 12. The van der Waals surface area contributed by atoms with Crippen LogP contribution >= 0.6 is 22.9 Å². The summed E-state index contributed by atoms with van der Waals surface area (Å²) in [6.07, 6.45) is 8.27. The lowest BCUT2D eigenvalue weighted by Crippen LogP contribution is -2.28. The van der Waals surface area contributed by atoms with Crippen LogP contribution in [0.25, 0.3) is 0 Å². The highest BCUT2D eigenvalue weighted by Gasteiger charge is 2.22. The number of nitrogens with one attached hydrogen (secondary N) is 3. The number of carbonyl (C=O) groups is 2. The maximum absolute atomic E-state index is 12.9. The van der Waals surface area contributed by atoms with Crippen LogP contribution in [0.5, 0.6) is 0 Å². The number of amides is 2. The molecule has 0 bridgehead atoms. The highest BCUT2D eigenvalue weighted by Crippen LogP contribution is 2.33. The van der Waals surface area contributed by atoms with E-state index >= 15 is 0 Å². The van der Waals surface area contributed by atoms with E-state index < -0.39 is 0 Å². The van der Waals surface area contributed by atoms with Crippen molar-refractivity contribution in [3.63, 3.8) is 0 Å². The third-order valence-corrected chi connectivity index (χ3v) is 8.94. The second-order valence-corrected chi connectivity index (χ2v) is 11.8. The quantitative estimate of drug-likeness (QED) is 0.195. The summed E-state index contributed by atoms with van der Waals surface area (Å²) in [5.41, 5.74) is 5.08. The minimum absolute atomic E-state index is 0.136. The summed E-state index contributed by atoms with van der Waals surface area (Å²) >= 11 is 7.38. The first kappa shape index (κ1) is 29.7. The van der Waals surface area contributed by atoms with Crippen LogP contribution in [0.2, 0.25) is 5.02 Å². The van der Waals surface area contributed by atoms with Gasteiger partial charge in [0.25, 0.3) is 11.8 Å². The molecule has 2 aromatic carbocycles. The number of nitrogens with zero attached hydrogens (tertiary/aromatic N) is 1. The molecule has 7 nitrogen and oxygen atoms in total. The number of ether oxygens (including phenoxy) is 1. The number of hydrogen-bond donors (Lipinski definition) is 3. The Morgan fingerprint density at radius 3 is 2.50 bits per heavy atom. The van der Waals surface area contributed by atoms with Gasteiger partial charge in [0.1, 0.15) is 10.6 Å². The summed E-state index contributed by atoms with van der Waals surface area (Å²) in [4.78, 5) is 27.7. The molecular formula is C33H37ClN4O3S. The zero-order valence-corrected chi connectivity index (χ0v) is 25.4. The van der Waals surface area contributed by atoms with Crippen LogP contribution in [-0.2, 0) is 4.74 Å². The number of anilines is 2. The van der Waals surface area contributed by atoms with Gasteiger partial charge in [-0.15, -0.1) is 11.3 Å². The van der Waals surface area contributed by atoms with E-state index in [9.17, 15) is 9.59 Å². The van der Waals surface area contributed by atoms with Crippen LogP contribution in [0, 0.1) is 0 Å². The molecule has 220 valence electrons. The SMILES string of the molecule is COC1=CCC(c2cccc(C(=O)N3CCCC3)c2)C=C1CCNc1cccc(NCCNC(=O)c2sccc2Cl)c1. The molecule has 3 N–H and O–H groups in total. The van der Waals surface area contributed by atoms with E-state index in [0.29, 0.717) is 23.0 Å². The van der Waals surface area contributed by atoms with Crippen molar-refractivity contribution in [1.29, 1.82) is 0 Å². The van der Waals surface area contributed by atoms with Crippen LogP contribution in [0.3, 0.4) is 0 Å². The number of thiophene rings is 1. The molecule has 0 radical (unpaired) electrons. The first-order chi connectivity index (χ1) is 20.5. The van der Waals surface area contributed by atoms with Crippen molar-refractivity contribution in [2.24, 2.45) is 0 Å². The standard InChI is InChI=1S/C33H37ClN4O3S/c1-41-30-11-10-24(23-6-4-7-26(21-23)33(40)38-17-2-3-18-38)20-25(30)12-14-35-27-8-5-9-28(22-27)36-15-16-37-32(39)31-29(34)13-19-42-31/h4-9,11,13,19-22,24,35-36H,2-3,10,12,14-18H2,1H3,(H,37,39). The molecule has 2 aliphatic rings. The Bertz CT molecular complexity index is 1460. The lowest BCUT2D eigenvalue weighted by Gasteiger charge is -2.23. The van der Waals surface area contributed by atoms with Crippen molar-refractivity contribution in [1.82, 2.24) is 10.2 Å². The Kier molecular flexibility index (Phi) is 10.2. The molecule has 3 aromatic rings. The van der Waals surface area contributed by atoms with Gasteiger partial charge in [-0.1, -0.05) is 35.9 Å². The van der Waals surface area contributed by atoms with E-state index in [1.165, 1.54) is 11.3 Å². The maximum Gasteiger partial charge on any atom is 0.262 e. The summed E-state index contributed by atoms with van der Waals surface area (Å²) in [5.74, 6) is 1.10. The molecule has 1 fully saturated rings. The van der Waals surface area contributed by atoms with Crippen LogP contribution in [0.1, 0.15) is 57.2 Å². The Balaban J connectivity index is 1.13. The number of benzene rings is 2. The van der Waals surface area contributed by atoms with E-state index in [1.807, 2.05) is 40.6 Å². The fourth-order valence-corrected chi connectivity index (χ4v) is 6.47. The molecule has 1 aliphatic heterocycles. The van der Waals surface area contributed by atoms with Gasteiger partial charge in [0.05, 0.1) is 12.1 Å². The Morgan fingerprint density at radius 2 is 1.76 bits per heavy atom. The molecule has 2 amide bonds. The minimum atomic E-state index is -0.153. The topological polar surface area (TPSA) is 82.7 Å². The van der Waals surface area contributed by atoms with Gasteiger partial charge in [0.2, 0.25) is 0 Å². The van der Waals surface area contributed by atoms with Crippen molar-refractivity contribution in [2.45, 2.75) is 31.6 Å². The highest BCUT2D eigenvalue weighted by atomic mass is 35.5. The van der Waals surface area contributed by atoms with Crippen molar-refractivity contribution in [3.8, 4) is 0 Å². The van der Waals surface area contributed by atoms with Crippen molar-refractivity contribution < 1.29 is 14.3 Å². The van der Waals surface area contributed by atoms with E-state index in [1.54, 1.807) is 13.2 Å². The molecule has 9 heteroatoms. The Morgan fingerprint density at radius 1 is 1.00 bits per heavy atom. The van der Waals surface area contributed by atoms with Crippen LogP contribution in [0.4, 0.5) is 11.4 Å². The summed E-state index contributed by atoms with van der Waals surface area (Å²) in [6.45, 7) is 3.54. The lowest BCUT2D eigenvalue weighted by molar-refractivity contribution is 0.0792. The lowest BCUT2D eigenvalue weighted by atomic mass is 9.87. The number of likely N-dealkylation sites (tertiary alicyclic amines) is 1. The van der Waals surface area contributed by atoms with Crippen molar-refractivity contribution in [2.75, 3.05) is 50.5 Å². The van der Waals surface area contributed by atoms with Gasteiger partial charge in [-0.3, -0.25) is 9.59 Å². The second kappa shape index (κ2) is 14.4. The Hall–Kier alpha value is -3.75. The monoisotopic (exact) mass is 604 g/mol. The molecule has 1 atom stereocenters. The van der Waals surface area contributed by atoms with Crippen LogP contribution < -0.4 is 16.0 Å². The smallest absolute Gasteiger partial charge is 0.262 e. The fraction of sp³-hybridized carbons (Fsp3) is 0.333. The zero-order valence-electron chi connectivity index (χ0n) is 23.8. The van der Waals surface area contributed by atoms with Gasteiger partial charge in [0.15, 0.2) is 0 Å².